The van der Waals surface area contributed by atoms with E-state index in [-0.39, 0.29) is 36.0 Å². The highest BCUT2D eigenvalue weighted by Crippen LogP contribution is 2.42. The van der Waals surface area contributed by atoms with Gasteiger partial charge in [0.15, 0.2) is 11.2 Å². The van der Waals surface area contributed by atoms with Crippen LogP contribution in [-0.4, -0.2) is 52.4 Å². The molecule has 2 aromatic heterocycles. The molecule has 1 fully saturated rings. The van der Waals surface area contributed by atoms with Crippen LogP contribution in [0.1, 0.15) is 49.6 Å². The quantitative estimate of drug-likeness (QED) is 0.187. The minimum absolute atomic E-state index is 0.0717. The fraction of sp³-hybridized carbons (Fsp3) is 0.314. The van der Waals surface area contributed by atoms with E-state index in [1.54, 1.807) is 39.0 Å². The van der Waals surface area contributed by atoms with Crippen LogP contribution in [0.25, 0.3) is 11.2 Å². The number of H-pyrrole nitrogens is 1. The Morgan fingerprint density at radius 2 is 1.57 bits per heavy atom. The molecule has 238 valence electrons. The summed E-state index contributed by atoms with van der Waals surface area (Å²) in [6.45, 7) is 3.81. The number of hydrogen-bond donors (Lipinski definition) is 2. The number of carbonyl (C=O) groups excluding carboxylic acids is 1. The van der Waals surface area contributed by atoms with Gasteiger partial charge in [-0.15, -0.1) is 0 Å². The Labute approximate surface area is 266 Å². The largest absolute Gasteiger partial charge is 0.497 e. The van der Waals surface area contributed by atoms with Gasteiger partial charge in [-0.25, -0.2) is 4.98 Å². The zero-order chi connectivity index (χ0) is 32.3. The molecule has 0 unspecified atom stereocenters. The topological polar surface area (TPSA) is 130 Å². The molecule has 1 aliphatic rings. The average molecular weight is 624 g/mol. The molecule has 11 nitrogen and oxygen atoms in total. The van der Waals surface area contributed by atoms with Gasteiger partial charge in [0.25, 0.3) is 5.56 Å². The molecule has 0 aliphatic carbocycles. The third kappa shape index (κ3) is 5.99. The standard InChI is InChI=1S/C35H37N5O6/c1-22(2)32(41)38-34-37-31-30(33(42)39-34)36-21-40(31)29-19-18-28(46-29)20-45-35(23-8-6-5-7-9-23,24-10-14-26(43-3)15-11-24)25-12-16-27(44-4)17-13-25/h5-17,21-22,28-29H,18-20H2,1-4H3,(H2,37,38,39,41,42)/t28-,29+/m0/s1. The number of amides is 1. The summed E-state index contributed by atoms with van der Waals surface area (Å²) in [7, 11) is 3.29. The van der Waals surface area contributed by atoms with Crippen LogP contribution in [0.5, 0.6) is 11.5 Å². The summed E-state index contributed by atoms with van der Waals surface area (Å²) in [5.74, 6) is 1.04. The lowest BCUT2D eigenvalue weighted by Crippen LogP contribution is -2.35. The van der Waals surface area contributed by atoms with Crippen LogP contribution >= 0.6 is 0 Å². The highest BCUT2D eigenvalue weighted by Gasteiger charge is 2.40. The molecular weight excluding hydrogens is 586 g/mol. The summed E-state index contributed by atoms with van der Waals surface area (Å²) < 4.78 is 26.2. The number of rotatable bonds is 11. The molecule has 0 bridgehead atoms. The predicted octanol–water partition coefficient (Wildman–Crippen LogP) is 5.42. The summed E-state index contributed by atoms with van der Waals surface area (Å²) in [4.78, 5) is 36.4. The molecule has 0 radical (unpaired) electrons. The second kappa shape index (κ2) is 13.2. The monoisotopic (exact) mass is 623 g/mol. The van der Waals surface area contributed by atoms with Crippen molar-refractivity contribution in [2.24, 2.45) is 5.92 Å². The lowest BCUT2D eigenvalue weighted by atomic mass is 9.80. The van der Waals surface area contributed by atoms with Crippen molar-refractivity contribution in [3.05, 3.63) is 112 Å². The first-order valence-corrected chi connectivity index (χ1v) is 15.2. The van der Waals surface area contributed by atoms with Gasteiger partial charge in [0.1, 0.15) is 23.3 Å². The number of nitrogens with zero attached hydrogens (tertiary/aromatic N) is 3. The number of imidazole rings is 1. The van der Waals surface area contributed by atoms with Gasteiger partial charge < -0.3 is 18.9 Å². The molecule has 0 spiro atoms. The predicted molar refractivity (Wildman–Crippen MR) is 173 cm³/mol. The maximum absolute atomic E-state index is 12.7. The Morgan fingerprint density at radius 1 is 0.957 bits per heavy atom. The first-order valence-electron chi connectivity index (χ1n) is 15.2. The first kappa shape index (κ1) is 31.0. The van der Waals surface area contributed by atoms with Gasteiger partial charge in [-0.05, 0) is 53.8 Å². The maximum Gasteiger partial charge on any atom is 0.280 e. The molecule has 0 saturated carbocycles. The van der Waals surface area contributed by atoms with Gasteiger partial charge in [0.2, 0.25) is 11.9 Å². The Morgan fingerprint density at radius 3 is 2.15 bits per heavy atom. The van der Waals surface area contributed by atoms with E-state index in [2.05, 4.69) is 32.4 Å². The third-order valence-corrected chi connectivity index (χ3v) is 8.25. The molecule has 1 saturated heterocycles. The van der Waals surface area contributed by atoms with Crippen LogP contribution in [0.4, 0.5) is 5.95 Å². The molecule has 1 amide bonds. The first-order chi connectivity index (χ1) is 22.3. The minimum atomic E-state index is -0.971. The molecule has 46 heavy (non-hydrogen) atoms. The van der Waals surface area contributed by atoms with Crippen LogP contribution in [0, 0.1) is 5.92 Å². The number of aromatic nitrogens is 4. The normalized spacial score (nSPS) is 16.5. The van der Waals surface area contributed by atoms with Crippen molar-refractivity contribution in [1.82, 2.24) is 19.5 Å². The Balaban J connectivity index is 1.31. The number of nitrogens with one attached hydrogen (secondary N) is 2. The van der Waals surface area contributed by atoms with E-state index < -0.39 is 17.4 Å². The van der Waals surface area contributed by atoms with E-state index in [1.165, 1.54) is 0 Å². The number of benzene rings is 3. The van der Waals surface area contributed by atoms with Crippen molar-refractivity contribution < 1.29 is 23.7 Å². The van der Waals surface area contributed by atoms with Crippen LogP contribution in [0.3, 0.4) is 0 Å². The number of anilines is 1. The molecule has 2 atom stereocenters. The van der Waals surface area contributed by atoms with Crippen LogP contribution < -0.4 is 20.3 Å². The lowest BCUT2D eigenvalue weighted by Gasteiger charge is -2.37. The summed E-state index contributed by atoms with van der Waals surface area (Å²) in [6.07, 6.45) is 2.24. The van der Waals surface area contributed by atoms with E-state index >= 15 is 0 Å². The fourth-order valence-corrected chi connectivity index (χ4v) is 5.76. The third-order valence-electron chi connectivity index (χ3n) is 8.25. The van der Waals surface area contributed by atoms with Crippen molar-refractivity contribution >= 4 is 23.0 Å². The van der Waals surface area contributed by atoms with E-state index in [9.17, 15) is 9.59 Å². The number of carbonyl (C=O) groups is 1. The fourth-order valence-electron chi connectivity index (χ4n) is 5.76. The lowest BCUT2D eigenvalue weighted by molar-refractivity contribution is -0.118. The number of hydrogen-bond acceptors (Lipinski definition) is 8. The van der Waals surface area contributed by atoms with Gasteiger partial charge in [-0.2, -0.15) is 4.98 Å². The second-order valence-electron chi connectivity index (χ2n) is 11.5. The van der Waals surface area contributed by atoms with E-state index in [0.717, 1.165) is 28.2 Å². The molecule has 11 heteroatoms. The van der Waals surface area contributed by atoms with Gasteiger partial charge in [-0.3, -0.25) is 24.5 Å². The molecule has 3 aromatic carbocycles. The summed E-state index contributed by atoms with van der Waals surface area (Å²) in [6, 6.07) is 25.9. The van der Waals surface area contributed by atoms with Gasteiger partial charge in [0, 0.05) is 5.92 Å². The minimum Gasteiger partial charge on any atom is -0.497 e. The summed E-state index contributed by atoms with van der Waals surface area (Å²) >= 11 is 0. The molecular formula is C35H37N5O6. The number of methoxy groups -OCH3 is 2. The van der Waals surface area contributed by atoms with Crippen LogP contribution in [-0.2, 0) is 19.9 Å². The summed E-state index contributed by atoms with van der Waals surface area (Å²) in [5, 5.41) is 2.67. The maximum atomic E-state index is 12.7. The van der Waals surface area contributed by atoms with Crippen molar-refractivity contribution in [3.63, 3.8) is 0 Å². The van der Waals surface area contributed by atoms with Crippen molar-refractivity contribution in [1.29, 1.82) is 0 Å². The van der Waals surface area contributed by atoms with Crippen molar-refractivity contribution in [2.45, 2.75) is 44.6 Å². The van der Waals surface area contributed by atoms with E-state index in [0.29, 0.717) is 18.5 Å². The molecule has 3 heterocycles. The highest BCUT2D eigenvalue weighted by atomic mass is 16.6. The number of ether oxygens (including phenoxy) is 4. The van der Waals surface area contributed by atoms with Crippen LogP contribution in [0.15, 0.2) is 90.0 Å². The molecule has 2 N–H and O–H groups in total. The number of fused-ring (bicyclic) bond motifs is 1. The van der Waals surface area contributed by atoms with Gasteiger partial charge in [-0.1, -0.05) is 68.4 Å². The molecule has 6 rings (SSSR count). The number of aromatic amines is 1. The summed E-state index contributed by atoms with van der Waals surface area (Å²) in [5.41, 5.74) is 1.92. The Kier molecular flexibility index (Phi) is 8.87. The molecule has 1 aliphatic heterocycles. The van der Waals surface area contributed by atoms with Crippen LogP contribution in [0.2, 0.25) is 0 Å². The Bertz CT molecular complexity index is 1800. The molecule has 5 aromatic rings. The van der Waals surface area contributed by atoms with E-state index in [1.807, 2.05) is 66.7 Å². The zero-order valence-corrected chi connectivity index (χ0v) is 26.2. The SMILES string of the molecule is COc1ccc(C(OC[C@@H]2CC[C@H](n3cnc4c(=O)[nH]c(NC(=O)C(C)C)nc43)O2)(c2ccccc2)c2ccc(OC)cc2)cc1. The van der Waals surface area contributed by atoms with Gasteiger partial charge in [0.05, 0.1) is 33.3 Å². The zero-order valence-electron chi connectivity index (χ0n) is 26.2. The van der Waals surface area contributed by atoms with Crippen molar-refractivity contribution in [2.75, 3.05) is 26.1 Å². The van der Waals surface area contributed by atoms with Gasteiger partial charge >= 0.3 is 0 Å². The highest BCUT2D eigenvalue weighted by molar-refractivity contribution is 5.91. The average Bonchev–Trinajstić information content (AvgIpc) is 3.73. The smallest absolute Gasteiger partial charge is 0.280 e. The second-order valence-corrected chi connectivity index (χ2v) is 11.5. The van der Waals surface area contributed by atoms with Crippen molar-refractivity contribution in [3.8, 4) is 11.5 Å². The Hall–Kier alpha value is -5.00. The van der Waals surface area contributed by atoms with E-state index in [4.69, 9.17) is 18.9 Å².